The Morgan fingerprint density at radius 3 is 2.25 bits per heavy atom. The van der Waals surface area contributed by atoms with E-state index in [0.29, 0.717) is 0 Å². The molecule has 0 saturated heterocycles. The lowest BCUT2D eigenvalue weighted by molar-refractivity contribution is 0.729. The van der Waals surface area contributed by atoms with Gasteiger partial charge in [-0.2, -0.15) is 0 Å². The van der Waals surface area contributed by atoms with E-state index in [1.165, 1.54) is 36.5 Å². The quantitative estimate of drug-likeness (QED) is 0.278. The predicted octanol–water partition coefficient (Wildman–Crippen LogP) is 4.50. The molecule has 0 aliphatic carbocycles. The molecule has 0 saturated carbocycles. The first-order valence-electron chi connectivity index (χ1n) is 4.79. The van der Waals surface area contributed by atoms with Crippen LogP contribution in [0.2, 0.25) is 0 Å². The highest BCUT2D eigenvalue weighted by Gasteiger charge is 1.79. The maximum Gasteiger partial charge on any atom is 0.00300 e. The predicted molar refractivity (Wildman–Crippen MR) is 65.9 cm³/mol. The molecule has 0 amide bonds. The van der Waals surface area contributed by atoms with Crippen molar-refractivity contribution in [3.63, 3.8) is 0 Å². The normalized spacial score (nSPS) is 11.8. The Labute approximate surface area is 90.3 Å². The maximum atomic E-state index is 2.39. The number of rotatable bonds is 7. The molecular weight excluding hydrogens is 259 g/mol. The van der Waals surface area contributed by atoms with E-state index in [2.05, 4.69) is 53.8 Å². The van der Waals surface area contributed by atoms with Crippen LogP contribution in [0.5, 0.6) is 0 Å². The molecule has 0 fully saturated rings. The zero-order chi connectivity index (χ0) is 9.07. The van der Waals surface area contributed by atoms with Crippen molar-refractivity contribution < 1.29 is 0 Å². The molecule has 70 valence electrons. The molecule has 0 aromatic carbocycles. The van der Waals surface area contributed by atoms with E-state index < -0.39 is 0 Å². The molecule has 0 rings (SSSR count). The lowest BCUT2D eigenvalue weighted by Crippen LogP contribution is -1.69. The van der Waals surface area contributed by atoms with Gasteiger partial charge in [0.1, 0.15) is 0 Å². The number of alkyl halides is 1. The topological polar surface area (TPSA) is 0 Å². The van der Waals surface area contributed by atoms with Crippen molar-refractivity contribution in [2.24, 2.45) is 0 Å². The van der Waals surface area contributed by atoms with Gasteiger partial charge in [0.25, 0.3) is 0 Å². The Balaban J connectivity index is 3.13. The van der Waals surface area contributed by atoms with Crippen molar-refractivity contribution in [2.45, 2.75) is 39.0 Å². The van der Waals surface area contributed by atoms with E-state index in [9.17, 15) is 0 Å². The van der Waals surface area contributed by atoms with E-state index in [4.69, 9.17) is 0 Å². The summed E-state index contributed by atoms with van der Waals surface area (Å²) >= 11 is 2.39. The third-order valence-corrected chi connectivity index (χ3v) is 2.26. The second-order valence-electron chi connectivity index (χ2n) is 2.83. The van der Waals surface area contributed by atoms with E-state index in [0.717, 1.165) is 0 Å². The SMILES string of the molecule is CCCCCC=CC=CCCI. The fourth-order valence-electron chi connectivity index (χ4n) is 0.925. The molecule has 1 heteroatoms. The van der Waals surface area contributed by atoms with Crippen molar-refractivity contribution in [1.82, 2.24) is 0 Å². The molecule has 0 spiro atoms. The number of unbranched alkanes of at least 4 members (excludes halogenated alkanes) is 3. The first-order valence-corrected chi connectivity index (χ1v) is 6.32. The highest BCUT2D eigenvalue weighted by Crippen LogP contribution is 1.99. The van der Waals surface area contributed by atoms with Gasteiger partial charge in [0, 0.05) is 4.43 Å². The minimum atomic E-state index is 1.19. The Morgan fingerprint density at radius 2 is 1.67 bits per heavy atom. The molecule has 0 bridgehead atoms. The summed E-state index contributed by atoms with van der Waals surface area (Å²) in [5.41, 5.74) is 0. The summed E-state index contributed by atoms with van der Waals surface area (Å²) in [6.45, 7) is 2.24. The average Bonchev–Trinajstić information content (AvgIpc) is 2.10. The standard InChI is InChI=1S/C11H19I/c1-2-3-4-5-6-7-8-9-10-11-12/h6-9H,2-5,10-11H2,1H3. The summed E-state index contributed by atoms with van der Waals surface area (Å²) < 4.78 is 1.22. The van der Waals surface area contributed by atoms with Crippen LogP contribution in [0.4, 0.5) is 0 Å². The third-order valence-electron chi connectivity index (χ3n) is 1.63. The number of allylic oxidation sites excluding steroid dienone is 4. The Kier molecular flexibility index (Phi) is 11.4. The van der Waals surface area contributed by atoms with Gasteiger partial charge in [-0.15, -0.1) is 0 Å². The average molecular weight is 278 g/mol. The Hall–Kier alpha value is 0.210. The third kappa shape index (κ3) is 10.2. The molecule has 0 nitrogen and oxygen atoms in total. The summed E-state index contributed by atoms with van der Waals surface area (Å²) in [4.78, 5) is 0. The molecule has 0 aliphatic rings. The molecule has 0 N–H and O–H groups in total. The molecule has 0 radical (unpaired) electrons. The van der Waals surface area contributed by atoms with Crippen LogP contribution < -0.4 is 0 Å². The van der Waals surface area contributed by atoms with Gasteiger partial charge in [-0.3, -0.25) is 0 Å². The molecule has 0 aliphatic heterocycles. The van der Waals surface area contributed by atoms with Gasteiger partial charge < -0.3 is 0 Å². The highest BCUT2D eigenvalue weighted by atomic mass is 127. The molecule has 0 unspecified atom stereocenters. The lowest BCUT2D eigenvalue weighted by Gasteiger charge is -1.89. The van der Waals surface area contributed by atoms with Crippen molar-refractivity contribution >= 4 is 22.6 Å². The van der Waals surface area contributed by atoms with Crippen LogP contribution in [0.3, 0.4) is 0 Å². The summed E-state index contributed by atoms with van der Waals surface area (Å²) in [6.07, 6.45) is 15.3. The maximum absolute atomic E-state index is 2.39. The van der Waals surface area contributed by atoms with Gasteiger partial charge >= 0.3 is 0 Å². The van der Waals surface area contributed by atoms with Gasteiger partial charge in [-0.05, 0) is 19.3 Å². The number of hydrogen-bond acceptors (Lipinski definition) is 0. The summed E-state index contributed by atoms with van der Waals surface area (Å²) in [6, 6.07) is 0. The van der Waals surface area contributed by atoms with Gasteiger partial charge in [0.15, 0.2) is 0 Å². The fourth-order valence-corrected chi connectivity index (χ4v) is 1.28. The number of hydrogen-bond donors (Lipinski definition) is 0. The van der Waals surface area contributed by atoms with E-state index in [1.807, 2.05) is 0 Å². The zero-order valence-electron chi connectivity index (χ0n) is 7.93. The van der Waals surface area contributed by atoms with E-state index in [1.54, 1.807) is 0 Å². The molecular formula is C11H19I. The van der Waals surface area contributed by atoms with Gasteiger partial charge in [-0.25, -0.2) is 0 Å². The first-order chi connectivity index (χ1) is 5.91. The highest BCUT2D eigenvalue weighted by molar-refractivity contribution is 14.1. The van der Waals surface area contributed by atoms with Gasteiger partial charge in [0.05, 0.1) is 0 Å². The van der Waals surface area contributed by atoms with Crippen LogP contribution in [-0.2, 0) is 0 Å². The second kappa shape index (κ2) is 11.2. The van der Waals surface area contributed by atoms with Gasteiger partial charge in [0.2, 0.25) is 0 Å². The summed E-state index contributed by atoms with van der Waals surface area (Å²) in [7, 11) is 0. The van der Waals surface area contributed by atoms with Crippen molar-refractivity contribution in [3.05, 3.63) is 24.3 Å². The van der Waals surface area contributed by atoms with Crippen LogP contribution in [0, 0.1) is 0 Å². The second-order valence-corrected chi connectivity index (χ2v) is 3.91. The van der Waals surface area contributed by atoms with E-state index in [-0.39, 0.29) is 0 Å². The zero-order valence-corrected chi connectivity index (χ0v) is 10.1. The van der Waals surface area contributed by atoms with Crippen LogP contribution in [-0.4, -0.2) is 4.43 Å². The van der Waals surface area contributed by atoms with Crippen LogP contribution in [0.25, 0.3) is 0 Å². The fraction of sp³-hybridized carbons (Fsp3) is 0.636. The largest absolute Gasteiger partial charge is 0.0860 e. The Bertz CT molecular complexity index is 125. The van der Waals surface area contributed by atoms with Crippen molar-refractivity contribution in [3.8, 4) is 0 Å². The first kappa shape index (κ1) is 12.2. The van der Waals surface area contributed by atoms with Gasteiger partial charge in [-0.1, -0.05) is 66.7 Å². The molecule has 0 aromatic heterocycles. The smallest absolute Gasteiger partial charge is 0.00300 e. The molecule has 0 aromatic rings. The molecule has 12 heavy (non-hydrogen) atoms. The lowest BCUT2D eigenvalue weighted by atomic mass is 10.2. The van der Waals surface area contributed by atoms with Crippen LogP contribution >= 0.6 is 22.6 Å². The molecule has 0 heterocycles. The summed E-state index contributed by atoms with van der Waals surface area (Å²) in [5.74, 6) is 0. The van der Waals surface area contributed by atoms with Crippen LogP contribution in [0.15, 0.2) is 24.3 Å². The van der Waals surface area contributed by atoms with Crippen LogP contribution in [0.1, 0.15) is 39.0 Å². The summed E-state index contributed by atoms with van der Waals surface area (Å²) in [5, 5.41) is 0. The number of halogens is 1. The minimum Gasteiger partial charge on any atom is -0.0860 e. The van der Waals surface area contributed by atoms with Crippen molar-refractivity contribution in [2.75, 3.05) is 4.43 Å². The Morgan fingerprint density at radius 1 is 1.00 bits per heavy atom. The van der Waals surface area contributed by atoms with E-state index >= 15 is 0 Å². The molecule has 0 atom stereocenters. The minimum absolute atomic E-state index is 1.19. The van der Waals surface area contributed by atoms with Crippen molar-refractivity contribution in [1.29, 1.82) is 0 Å². The monoisotopic (exact) mass is 278 g/mol.